The molecule has 0 bridgehead atoms. The molecule has 0 spiro atoms. The number of carboxylic acid groups (broad SMARTS) is 1. The molecule has 1 aliphatic rings. The second-order valence-electron chi connectivity index (χ2n) is 8.66. The number of hydrogen-bond donors (Lipinski definition) is 3. The van der Waals surface area contributed by atoms with Crippen LogP contribution in [0, 0.1) is 0 Å². The molecule has 1 saturated heterocycles. The van der Waals surface area contributed by atoms with E-state index in [1.807, 2.05) is 12.1 Å². The number of hydrogen-bond acceptors (Lipinski definition) is 7. The molecule has 1 aromatic carbocycles. The van der Waals surface area contributed by atoms with Crippen LogP contribution in [-0.2, 0) is 4.79 Å². The Morgan fingerprint density at radius 1 is 1.19 bits per heavy atom. The van der Waals surface area contributed by atoms with E-state index >= 15 is 0 Å². The highest BCUT2D eigenvalue weighted by molar-refractivity contribution is 7.19. The second-order valence-corrected chi connectivity index (χ2v) is 10.4. The van der Waals surface area contributed by atoms with Crippen LogP contribution in [-0.4, -0.2) is 61.2 Å². The Labute approximate surface area is 214 Å². The SMILES string of the molecule is CC1(C)C(=O)NC(=O)N1CCNc1ncc(-c2cccc3c2ccn3C(=O)O)c(-c2ccc(Cl)s2)n1. The first-order chi connectivity index (χ1) is 17.2. The molecule has 0 atom stereocenters. The van der Waals surface area contributed by atoms with E-state index in [1.54, 1.807) is 44.3 Å². The Balaban J connectivity index is 1.49. The standard InChI is InChI=1S/C24H21ClN6O4S/c1-24(2)20(32)29-22(33)31(24)11-9-26-21-27-12-15(19(28-21)17-6-7-18(25)36-17)13-4-3-5-16-14(13)8-10-30(16)23(34)35/h3-8,10,12H,9,11H2,1-2H3,(H,34,35)(H,26,27,28)(H,29,32,33). The molecule has 0 radical (unpaired) electrons. The smallest absolute Gasteiger partial charge is 0.415 e. The van der Waals surface area contributed by atoms with E-state index in [2.05, 4.69) is 15.6 Å². The van der Waals surface area contributed by atoms with Gasteiger partial charge >= 0.3 is 12.1 Å². The summed E-state index contributed by atoms with van der Waals surface area (Å²) >= 11 is 7.58. The summed E-state index contributed by atoms with van der Waals surface area (Å²) in [7, 11) is 0. The van der Waals surface area contributed by atoms with Crippen molar-refractivity contribution in [2.45, 2.75) is 19.4 Å². The molecule has 36 heavy (non-hydrogen) atoms. The summed E-state index contributed by atoms with van der Waals surface area (Å²) in [5.41, 5.74) is 1.76. The van der Waals surface area contributed by atoms with Crippen LogP contribution in [0.15, 0.2) is 48.8 Å². The fourth-order valence-electron chi connectivity index (χ4n) is 4.22. The summed E-state index contributed by atoms with van der Waals surface area (Å²) in [5.74, 6) is 0.00756. The van der Waals surface area contributed by atoms with E-state index in [9.17, 15) is 19.5 Å². The van der Waals surface area contributed by atoms with Gasteiger partial charge in [0.1, 0.15) is 5.54 Å². The summed E-state index contributed by atoms with van der Waals surface area (Å²) in [6, 6.07) is 10.4. The number of amides is 3. The summed E-state index contributed by atoms with van der Waals surface area (Å²) in [5, 5.41) is 15.7. The quantitative estimate of drug-likeness (QED) is 0.310. The fourth-order valence-corrected chi connectivity index (χ4v) is 5.26. The number of carbonyl (C=O) groups is 3. The minimum atomic E-state index is -1.07. The van der Waals surface area contributed by atoms with E-state index in [0.717, 1.165) is 26.0 Å². The van der Waals surface area contributed by atoms with E-state index in [-0.39, 0.29) is 12.5 Å². The molecule has 0 unspecified atom stereocenters. The van der Waals surface area contributed by atoms with Crippen LogP contribution in [0.4, 0.5) is 15.5 Å². The van der Waals surface area contributed by atoms with Gasteiger partial charge in [0.05, 0.1) is 20.4 Å². The number of carbonyl (C=O) groups excluding carboxylic acids is 2. The van der Waals surface area contributed by atoms with Crippen LogP contribution >= 0.6 is 22.9 Å². The zero-order valence-electron chi connectivity index (χ0n) is 19.3. The van der Waals surface area contributed by atoms with Crippen molar-refractivity contribution in [3.63, 3.8) is 0 Å². The minimum absolute atomic E-state index is 0.276. The van der Waals surface area contributed by atoms with Gasteiger partial charge < -0.3 is 15.3 Å². The fraction of sp³-hybridized carbons (Fsp3) is 0.208. The third-order valence-electron chi connectivity index (χ3n) is 6.14. The lowest BCUT2D eigenvalue weighted by Gasteiger charge is -2.27. The van der Waals surface area contributed by atoms with E-state index in [0.29, 0.717) is 28.0 Å². The molecule has 0 aliphatic carbocycles. The molecule has 5 rings (SSSR count). The van der Waals surface area contributed by atoms with Crippen molar-refractivity contribution in [3.05, 3.63) is 53.1 Å². The first kappa shape index (κ1) is 23.8. The maximum Gasteiger partial charge on any atom is 0.415 e. The number of imide groups is 1. The van der Waals surface area contributed by atoms with Gasteiger partial charge in [0.15, 0.2) is 0 Å². The number of anilines is 1. The van der Waals surface area contributed by atoms with Crippen LogP contribution in [0.5, 0.6) is 0 Å². The molecule has 3 N–H and O–H groups in total. The number of halogens is 1. The average Bonchev–Trinajstić information content (AvgIpc) is 3.51. The molecule has 3 aromatic heterocycles. The molecule has 1 aliphatic heterocycles. The van der Waals surface area contributed by atoms with Gasteiger partial charge in [0.25, 0.3) is 5.91 Å². The van der Waals surface area contributed by atoms with Crippen molar-refractivity contribution in [1.82, 2.24) is 24.8 Å². The van der Waals surface area contributed by atoms with Crippen LogP contribution in [0.2, 0.25) is 4.34 Å². The normalized spacial score (nSPS) is 14.9. The highest BCUT2D eigenvalue weighted by Crippen LogP contribution is 2.39. The molecule has 4 heterocycles. The van der Waals surface area contributed by atoms with Crippen molar-refractivity contribution in [3.8, 4) is 21.7 Å². The zero-order valence-corrected chi connectivity index (χ0v) is 20.9. The van der Waals surface area contributed by atoms with Gasteiger partial charge in [-0.25, -0.2) is 19.6 Å². The molecule has 4 aromatic rings. The number of thiophene rings is 1. The molecule has 1 fully saturated rings. The van der Waals surface area contributed by atoms with Crippen molar-refractivity contribution in [2.75, 3.05) is 18.4 Å². The Morgan fingerprint density at radius 2 is 2.00 bits per heavy atom. The molecule has 184 valence electrons. The summed E-state index contributed by atoms with van der Waals surface area (Å²) in [6.45, 7) is 3.98. The first-order valence-electron chi connectivity index (χ1n) is 11.0. The van der Waals surface area contributed by atoms with Crippen LogP contribution < -0.4 is 10.6 Å². The molecule has 10 nitrogen and oxygen atoms in total. The number of fused-ring (bicyclic) bond motifs is 1. The predicted octanol–water partition coefficient (Wildman–Crippen LogP) is 4.75. The van der Waals surface area contributed by atoms with Gasteiger partial charge in [0.2, 0.25) is 5.95 Å². The van der Waals surface area contributed by atoms with E-state index < -0.39 is 17.7 Å². The summed E-state index contributed by atoms with van der Waals surface area (Å²) < 4.78 is 1.77. The van der Waals surface area contributed by atoms with Gasteiger partial charge in [-0.2, -0.15) is 0 Å². The molecule has 12 heteroatoms. The average molecular weight is 525 g/mol. The molecular formula is C24H21ClN6O4S. The van der Waals surface area contributed by atoms with E-state index in [1.165, 1.54) is 22.4 Å². The van der Waals surface area contributed by atoms with Crippen molar-refractivity contribution in [2.24, 2.45) is 0 Å². The zero-order chi connectivity index (χ0) is 25.6. The lowest BCUT2D eigenvalue weighted by molar-refractivity contribution is -0.125. The maximum absolute atomic E-state index is 12.1. The summed E-state index contributed by atoms with van der Waals surface area (Å²) in [4.78, 5) is 47.2. The number of rotatable bonds is 6. The number of nitrogens with one attached hydrogen (secondary N) is 2. The molecule has 0 saturated carbocycles. The maximum atomic E-state index is 12.1. The Kier molecular flexibility index (Phi) is 5.89. The van der Waals surface area contributed by atoms with Crippen LogP contribution in [0.1, 0.15) is 13.8 Å². The van der Waals surface area contributed by atoms with Crippen molar-refractivity contribution >= 4 is 57.8 Å². The highest BCUT2D eigenvalue weighted by Gasteiger charge is 2.45. The number of benzene rings is 1. The van der Waals surface area contributed by atoms with Crippen LogP contribution in [0.25, 0.3) is 32.6 Å². The lowest BCUT2D eigenvalue weighted by atomic mass is 10.0. The van der Waals surface area contributed by atoms with Crippen molar-refractivity contribution < 1.29 is 19.5 Å². The Morgan fingerprint density at radius 3 is 2.67 bits per heavy atom. The summed E-state index contributed by atoms with van der Waals surface area (Å²) in [6.07, 6.45) is 2.12. The van der Waals surface area contributed by atoms with Gasteiger partial charge in [-0.3, -0.25) is 14.7 Å². The van der Waals surface area contributed by atoms with Gasteiger partial charge in [-0.05, 0) is 43.7 Å². The van der Waals surface area contributed by atoms with Crippen molar-refractivity contribution in [1.29, 1.82) is 0 Å². The Bertz CT molecular complexity index is 1530. The topological polar surface area (TPSA) is 129 Å². The second kappa shape index (κ2) is 8.92. The lowest BCUT2D eigenvalue weighted by Crippen LogP contribution is -2.46. The number of nitrogens with zero attached hydrogens (tertiary/aromatic N) is 4. The largest absolute Gasteiger partial charge is 0.464 e. The van der Waals surface area contributed by atoms with Gasteiger partial charge in [-0.15, -0.1) is 11.3 Å². The molecular weight excluding hydrogens is 504 g/mol. The first-order valence-corrected chi connectivity index (χ1v) is 12.2. The van der Waals surface area contributed by atoms with Crippen LogP contribution in [0.3, 0.4) is 0 Å². The monoisotopic (exact) mass is 524 g/mol. The number of aromatic nitrogens is 3. The Hall–Kier alpha value is -3.96. The van der Waals surface area contributed by atoms with Gasteiger partial charge in [0, 0.05) is 36.4 Å². The third kappa shape index (κ3) is 4.06. The third-order valence-corrected chi connectivity index (χ3v) is 7.38. The van der Waals surface area contributed by atoms with E-state index in [4.69, 9.17) is 16.6 Å². The van der Waals surface area contributed by atoms with Gasteiger partial charge in [-0.1, -0.05) is 23.7 Å². The molecule has 3 amide bonds. The minimum Gasteiger partial charge on any atom is -0.464 e. The predicted molar refractivity (Wildman–Crippen MR) is 138 cm³/mol. The number of urea groups is 1. The highest BCUT2D eigenvalue weighted by atomic mass is 35.5.